The summed E-state index contributed by atoms with van der Waals surface area (Å²) in [5.41, 5.74) is 6.41. The molecule has 2 rings (SSSR count). The van der Waals surface area contributed by atoms with Crippen LogP contribution >= 0.6 is 23.2 Å². The van der Waals surface area contributed by atoms with Crippen molar-refractivity contribution in [2.75, 3.05) is 18.9 Å². The second-order valence-electron chi connectivity index (χ2n) is 4.89. The number of anilines is 1. The van der Waals surface area contributed by atoms with Crippen LogP contribution in [0.15, 0.2) is 36.4 Å². The molecule has 0 saturated carbocycles. The summed E-state index contributed by atoms with van der Waals surface area (Å²) in [6, 6.07) is 9.66. The number of benzene rings is 2. The summed E-state index contributed by atoms with van der Waals surface area (Å²) in [4.78, 5) is 23.5. The smallest absolute Gasteiger partial charge is 0.340 e. The molecule has 2 aromatic rings. The van der Waals surface area contributed by atoms with Gasteiger partial charge in [-0.05, 0) is 31.2 Å². The molecule has 0 heterocycles. The molecule has 0 aliphatic rings. The Bertz CT molecular complexity index is 777. The Labute approximate surface area is 149 Å². The topological polar surface area (TPSA) is 78.6 Å². The number of carbonyl (C=O) groups is 2. The fourth-order valence-electron chi connectivity index (χ4n) is 2.00. The van der Waals surface area contributed by atoms with Gasteiger partial charge in [0.25, 0.3) is 0 Å². The summed E-state index contributed by atoms with van der Waals surface area (Å²) in [5.74, 6) is -0.323. The summed E-state index contributed by atoms with van der Waals surface area (Å²) < 4.78 is 10.6. The maximum absolute atomic E-state index is 12.0. The second-order valence-corrected chi connectivity index (χ2v) is 5.73. The van der Waals surface area contributed by atoms with E-state index in [4.69, 9.17) is 38.4 Å². The molecule has 0 radical (unpaired) electrons. The van der Waals surface area contributed by atoms with Crippen LogP contribution in [0.5, 0.6) is 5.75 Å². The number of Topliss-reactive ketones (excluding diaryl/α,β-unsaturated/α-hetero) is 1. The first kappa shape index (κ1) is 18.1. The number of halogens is 2. The van der Waals surface area contributed by atoms with E-state index in [0.717, 1.165) is 0 Å². The third kappa shape index (κ3) is 4.40. The van der Waals surface area contributed by atoms with E-state index < -0.39 is 5.97 Å². The van der Waals surface area contributed by atoms with Crippen molar-refractivity contribution >= 4 is 40.6 Å². The highest BCUT2D eigenvalue weighted by molar-refractivity contribution is 6.37. The van der Waals surface area contributed by atoms with E-state index in [-0.39, 0.29) is 40.3 Å². The molecule has 0 aromatic heterocycles. The minimum atomic E-state index is -0.652. The van der Waals surface area contributed by atoms with E-state index in [9.17, 15) is 9.59 Å². The van der Waals surface area contributed by atoms with E-state index in [1.165, 1.54) is 19.1 Å². The van der Waals surface area contributed by atoms with Gasteiger partial charge in [0.1, 0.15) is 19.0 Å². The van der Waals surface area contributed by atoms with E-state index in [1.54, 1.807) is 24.3 Å². The number of rotatable bonds is 6. The Morgan fingerprint density at radius 1 is 1.08 bits per heavy atom. The van der Waals surface area contributed by atoms with Crippen molar-refractivity contribution in [3.05, 3.63) is 57.6 Å². The predicted octanol–water partition coefficient (Wildman–Crippen LogP) is 4.01. The summed E-state index contributed by atoms with van der Waals surface area (Å²) >= 11 is 11.7. The van der Waals surface area contributed by atoms with Crippen molar-refractivity contribution in [3.8, 4) is 5.75 Å². The van der Waals surface area contributed by atoms with Crippen molar-refractivity contribution in [2.24, 2.45) is 0 Å². The molecule has 2 aromatic carbocycles. The molecule has 24 heavy (non-hydrogen) atoms. The number of para-hydroxylation sites is 1. The van der Waals surface area contributed by atoms with Crippen molar-refractivity contribution in [1.29, 1.82) is 0 Å². The van der Waals surface area contributed by atoms with Gasteiger partial charge in [-0.15, -0.1) is 0 Å². The number of nitrogen functional groups attached to an aromatic ring is 1. The van der Waals surface area contributed by atoms with Crippen LogP contribution in [0.25, 0.3) is 0 Å². The average molecular weight is 368 g/mol. The Kier molecular flexibility index (Phi) is 6.06. The van der Waals surface area contributed by atoms with Gasteiger partial charge in [-0.25, -0.2) is 4.79 Å². The fraction of sp³-hybridized carbons (Fsp3) is 0.176. The maximum Gasteiger partial charge on any atom is 0.340 e. The first-order chi connectivity index (χ1) is 11.4. The van der Waals surface area contributed by atoms with E-state index in [1.807, 2.05) is 0 Å². The molecular formula is C17H15Cl2NO4. The number of esters is 1. The molecule has 0 aliphatic carbocycles. The Hall–Kier alpha value is -2.24. The quantitative estimate of drug-likeness (QED) is 0.361. The minimum absolute atomic E-state index is 0.0192. The molecular weight excluding hydrogens is 353 g/mol. The molecule has 7 heteroatoms. The molecule has 0 bridgehead atoms. The van der Waals surface area contributed by atoms with E-state index in [2.05, 4.69) is 0 Å². The highest BCUT2D eigenvalue weighted by atomic mass is 35.5. The zero-order valence-corrected chi connectivity index (χ0v) is 14.4. The van der Waals surface area contributed by atoms with Crippen molar-refractivity contribution in [1.82, 2.24) is 0 Å². The van der Waals surface area contributed by atoms with Crippen molar-refractivity contribution < 1.29 is 19.1 Å². The van der Waals surface area contributed by atoms with Gasteiger partial charge in [-0.2, -0.15) is 0 Å². The molecule has 0 saturated heterocycles. The molecule has 0 fully saturated rings. The van der Waals surface area contributed by atoms with Crippen LogP contribution in [0, 0.1) is 0 Å². The van der Waals surface area contributed by atoms with Crippen molar-refractivity contribution in [3.63, 3.8) is 0 Å². The third-order valence-corrected chi connectivity index (χ3v) is 3.69. The summed E-state index contributed by atoms with van der Waals surface area (Å²) in [7, 11) is 0. The second kappa shape index (κ2) is 8.04. The molecule has 0 unspecified atom stereocenters. The van der Waals surface area contributed by atoms with Crippen molar-refractivity contribution in [2.45, 2.75) is 6.92 Å². The van der Waals surface area contributed by atoms with Crippen LogP contribution in [-0.4, -0.2) is 25.0 Å². The number of carbonyl (C=O) groups excluding carboxylic acids is 2. The summed E-state index contributed by atoms with van der Waals surface area (Å²) in [5, 5.41) is 0.467. The van der Waals surface area contributed by atoms with Crippen LogP contribution in [0.3, 0.4) is 0 Å². The Morgan fingerprint density at radius 2 is 1.79 bits per heavy atom. The highest BCUT2D eigenvalue weighted by Crippen LogP contribution is 2.28. The lowest BCUT2D eigenvalue weighted by molar-refractivity contribution is 0.0450. The highest BCUT2D eigenvalue weighted by Gasteiger charge is 2.15. The predicted molar refractivity (Wildman–Crippen MR) is 93.1 cm³/mol. The normalized spacial score (nSPS) is 10.3. The van der Waals surface area contributed by atoms with Crippen LogP contribution in [-0.2, 0) is 4.74 Å². The molecule has 2 N–H and O–H groups in total. The molecule has 0 spiro atoms. The summed E-state index contributed by atoms with van der Waals surface area (Å²) in [6.07, 6.45) is 0. The minimum Gasteiger partial charge on any atom is -0.489 e. The lowest BCUT2D eigenvalue weighted by Crippen LogP contribution is -2.14. The van der Waals surface area contributed by atoms with Gasteiger partial charge >= 0.3 is 5.97 Å². The summed E-state index contributed by atoms with van der Waals surface area (Å²) in [6.45, 7) is 1.52. The average Bonchev–Trinajstić information content (AvgIpc) is 2.55. The molecule has 5 nitrogen and oxygen atoms in total. The molecule has 0 amide bonds. The Balaban J connectivity index is 1.94. The number of ketones is 1. The number of hydrogen-bond donors (Lipinski definition) is 1. The van der Waals surface area contributed by atoms with Gasteiger partial charge in [-0.3, -0.25) is 4.79 Å². The fourth-order valence-corrected chi connectivity index (χ4v) is 2.49. The van der Waals surface area contributed by atoms with E-state index >= 15 is 0 Å². The molecule has 0 atom stereocenters. The van der Waals surface area contributed by atoms with Gasteiger partial charge in [-0.1, -0.05) is 35.3 Å². The lowest BCUT2D eigenvalue weighted by Gasteiger charge is -2.11. The first-order valence-corrected chi connectivity index (χ1v) is 7.80. The standard InChI is InChI=1S/C17H15Cl2NO4/c1-10(21)12-4-2-3-5-15(12)23-6-7-24-17(22)13-8-11(18)9-14(19)16(13)20/h2-5,8-9H,6-7,20H2,1H3. The zero-order chi connectivity index (χ0) is 17.7. The van der Waals surface area contributed by atoms with Gasteiger partial charge in [0.2, 0.25) is 0 Å². The first-order valence-electron chi connectivity index (χ1n) is 7.04. The Morgan fingerprint density at radius 3 is 2.50 bits per heavy atom. The van der Waals surface area contributed by atoms with Gasteiger partial charge in [0.15, 0.2) is 5.78 Å². The number of ether oxygens (including phenoxy) is 2. The van der Waals surface area contributed by atoms with Gasteiger partial charge < -0.3 is 15.2 Å². The maximum atomic E-state index is 12.0. The van der Waals surface area contributed by atoms with Gasteiger partial charge in [0.05, 0.1) is 21.8 Å². The largest absolute Gasteiger partial charge is 0.489 e. The third-order valence-electron chi connectivity index (χ3n) is 3.15. The monoisotopic (exact) mass is 367 g/mol. The number of nitrogens with two attached hydrogens (primary N) is 1. The molecule has 126 valence electrons. The van der Waals surface area contributed by atoms with Crippen LogP contribution in [0.1, 0.15) is 27.6 Å². The lowest BCUT2D eigenvalue weighted by atomic mass is 10.1. The van der Waals surface area contributed by atoms with E-state index in [0.29, 0.717) is 11.3 Å². The number of hydrogen-bond acceptors (Lipinski definition) is 5. The molecule has 0 aliphatic heterocycles. The van der Waals surface area contributed by atoms with Crippen LogP contribution in [0.4, 0.5) is 5.69 Å². The van der Waals surface area contributed by atoms with Crippen LogP contribution in [0.2, 0.25) is 10.0 Å². The SMILES string of the molecule is CC(=O)c1ccccc1OCCOC(=O)c1cc(Cl)cc(Cl)c1N. The van der Waals surface area contributed by atoms with Crippen LogP contribution < -0.4 is 10.5 Å². The van der Waals surface area contributed by atoms with Gasteiger partial charge in [0, 0.05) is 5.02 Å². The zero-order valence-electron chi connectivity index (χ0n) is 12.8.